The molecule has 0 bridgehead atoms. The van der Waals surface area contributed by atoms with Crippen molar-refractivity contribution >= 4 is 23.7 Å². The molecular formula is C25H34O7. The molecule has 0 saturated carbocycles. The summed E-state index contributed by atoms with van der Waals surface area (Å²) in [4.78, 5) is 47.0. The smallest absolute Gasteiger partial charge is 0.305 e. The van der Waals surface area contributed by atoms with Crippen LogP contribution in [0.15, 0.2) is 48.1 Å². The van der Waals surface area contributed by atoms with Crippen LogP contribution in [0.2, 0.25) is 0 Å². The molecule has 0 amide bonds. The van der Waals surface area contributed by atoms with E-state index in [1.807, 2.05) is 12.2 Å². The highest BCUT2D eigenvalue weighted by molar-refractivity contribution is 6.09. The number of carbonyl (C=O) groups excluding carboxylic acids is 4. The lowest BCUT2D eigenvalue weighted by Crippen LogP contribution is -2.33. The Morgan fingerprint density at radius 3 is 2.50 bits per heavy atom. The van der Waals surface area contributed by atoms with E-state index >= 15 is 0 Å². The minimum absolute atomic E-state index is 0.0794. The number of methoxy groups -OCH3 is 1. The summed E-state index contributed by atoms with van der Waals surface area (Å²) in [7, 11) is 1.29. The van der Waals surface area contributed by atoms with Gasteiger partial charge in [0.2, 0.25) is 0 Å². The number of allylic oxidation sites excluding steroid dienone is 4. The second kappa shape index (κ2) is 14.2. The Kier molecular flexibility index (Phi) is 12.0. The summed E-state index contributed by atoms with van der Waals surface area (Å²) in [5, 5.41) is 0. The fourth-order valence-electron chi connectivity index (χ4n) is 3.32. The van der Waals surface area contributed by atoms with Gasteiger partial charge in [0.05, 0.1) is 7.11 Å². The zero-order chi connectivity index (χ0) is 24.0. The van der Waals surface area contributed by atoms with Crippen molar-refractivity contribution in [3.05, 3.63) is 48.1 Å². The quantitative estimate of drug-likeness (QED) is 0.137. The highest BCUT2D eigenvalue weighted by Crippen LogP contribution is 2.34. The molecule has 1 rings (SSSR count). The van der Waals surface area contributed by atoms with E-state index in [1.165, 1.54) is 27.0 Å². The third kappa shape index (κ3) is 9.45. The average Bonchev–Trinajstić information content (AvgIpc) is 3.03. The van der Waals surface area contributed by atoms with E-state index in [0.717, 1.165) is 25.7 Å². The molecule has 7 heteroatoms. The maximum absolute atomic E-state index is 12.5. The maximum atomic E-state index is 12.5. The lowest BCUT2D eigenvalue weighted by Gasteiger charge is -2.27. The van der Waals surface area contributed by atoms with Gasteiger partial charge < -0.3 is 14.2 Å². The molecule has 0 N–H and O–H groups in total. The number of unbranched alkanes of at least 4 members (excludes halogenated alkanes) is 3. The van der Waals surface area contributed by atoms with E-state index in [-0.39, 0.29) is 18.6 Å². The third-order valence-corrected chi connectivity index (χ3v) is 4.88. The molecule has 1 aliphatic carbocycles. The van der Waals surface area contributed by atoms with Crippen LogP contribution in [-0.4, -0.2) is 42.5 Å². The van der Waals surface area contributed by atoms with Gasteiger partial charge in [-0.05, 0) is 37.5 Å². The first-order chi connectivity index (χ1) is 15.2. The topological polar surface area (TPSA) is 96.0 Å². The summed E-state index contributed by atoms with van der Waals surface area (Å²) in [6.45, 7) is 4.72. The largest absolute Gasteiger partial charge is 0.469 e. The monoisotopic (exact) mass is 446 g/mol. The van der Waals surface area contributed by atoms with Crippen LogP contribution in [0.5, 0.6) is 0 Å². The van der Waals surface area contributed by atoms with E-state index in [4.69, 9.17) is 9.47 Å². The Morgan fingerprint density at radius 1 is 1.12 bits per heavy atom. The van der Waals surface area contributed by atoms with Crippen LogP contribution in [0.4, 0.5) is 0 Å². The van der Waals surface area contributed by atoms with Gasteiger partial charge in [-0.1, -0.05) is 44.1 Å². The summed E-state index contributed by atoms with van der Waals surface area (Å²) in [6, 6.07) is 0. The van der Waals surface area contributed by atoms with Gasteiger partial charge in [0.1, 0.15) is 6.10 Å². The predicted octanol–water partition coefficient (Wildman–Crippen LogP) is 4.32. The summed E-state index contributed by atoms with van der Waals surface area (Å²) >= 11 is 0. The lowest BCUT2D eigenvalue weighted by atomic mass is 9.91. The number of rotatable bonds is 13. The highest BCUT2D eigenvalue weighted by Gasteiger charge is 2.41. The zero-order valence-electron chi connectivity index (χ0n) is 19.4. The van der Waals surface area contributed by atoms with Gasteiger partial charge in [-0.25, -0.2) is 0 Å². The maximum Gasteiger partial charge on any atom is 0.305 e. The highest BCUT2D eigenvalue weighted by atomic mass is 16.6. The van der Waals surface area contributed by atoms with E-state index in [9.17, 15) is 19.2 Å². The first-order valence-electron chi connectivity index (χ1n) is 10.9. The molecule has 1 unspecified atom stereocenters. The third-order valence-electron chi connectivity index (χ3n) is 4.88. The summed E-state index contributed by atoms with van der Waals surface area (Å²) in [5.41, 5.74) is -0.853. The molecule has 0 fully saturated rings. The Morgan fingerprint density at radius 2 is 1.88 bits per heavy atom. The molecule has 1 aliphatic rings. The van der Waals surface area contributed by atoms with Gasteiger partial charge in [0.15, 0.2) is 11.4 Å². The minimum atomic E-state index is -1.17. The summed E-state index contributed by atoms with van der Waals surface area (Å²) in [5.74, 6) is -1.65. The average molecular weight is 447 g/mol. The van der Waals surface area contributed by atoms with Crippen molar-refractivity contribution in [3.63, 3.8) is 0 Å². The summed E-state index contributed by atoms with van der Waals surface area (Å²) < 4.78 is 15.4. The van der Waals surface area contributed by atoms with Crippen molar-refractivity contribution in [2.45, 2.75) is 77.4 Å². The van der Waals surface area contributed by atoms with Crippen LogP contribution in [-0.2, 0) is 33.4 Å². The molecule has 0 spiro atoms. The molecule has 0 aromatic rings. The molecular weight excluding hydrogens is 412 g/mol. The fourth-order valence-corrected chi connectivity index (χ4v) is 3.32. The van der Waals surface area contributed by atoms with E-state index in [0.29, 0.717) is 12.0 Å². The predicted molar refractivity (Wildman–Crippen MR) is 121 cm³/mol. The number of carbonyl (C=O) groups is 4. The molecule has 0 aromatic heterocycles. The van der Waals surface area contributed by atoms with Crippen LogP contribution in [0.3, 0.4) is 0 Å². The van der Waals surface area contributed by atoms with Crippen LogP contribution in [0, 0.1) is 0 Å². The second-order valence-corrected chi connectivity index (χ2v) is 7.58. The SMILES string of the molecule is CCCCC/C=C/C[C@]1(OC(C)=O)C=CC(=O)/C1=C\C=C\C(CCC(=O)OC)OC(C)=O. The number of hydrogen-bond acceptors (Lipinski definition) is 7. The second-order valence-electron chi connectivity index (χ2n) is 7.58. The lowest BCUT2D eigenvalue weighted by molar-refractivity contribution is -0.149. The van der Waals surface area contributed by atoms with Crippen molar-refractivity contribution in [1.29, 1.82) is 0 Å². The first-order valence-corrected chi connectivity index (χ1v) is 10.9. The zero-order valence-corrected chi connectivity index (χ0v) is 19.4. The molecule has 0 radical (unpaired) electrons. The first kappa shape index (κ1) is 27.1. The van der Waals surface area contributed by atoms with Crippen molar-refractivity contribution in [3.8, 4) is 0 Å². The number of esters is 3. The van der Waals surface area contributed by atoms with Gasteiger partial charge in [0.25, 0.3) is 0 Å². The molecule has 0 heterocycles. The molecule has 2 atom stereocenters. The minimum Gasteiger partial charge on any atom is -0.469 e. The van der Waals surface area contributed by atoms with Crippen LogP contribution in [0.25, 0.3) is 0 Å². The molecule has 0 saturated heterocycles. The van der Waals surface area contributed by atoms with Crippen molar-refractivity contribution in [2.75, 3.05) is 7.11 Å². The normalized spacial score (nSPS) is 20.2. The standard InChI is InChI=1S/C25H34O7/c1-5-6-7-8-9-10-17-25(32-20(3)27)18-16-23(28)22(25)13-11-12-21(31-19(2)26)14-15-24(29)30-4/h9-13,16,18,21H,5-8,14-15,17H2,1-4H3/b10-9+,12-11+,22-13+/t21?,25-/m0/s1. The van der Waals surface area contributed by atoms with Gasteiger partial charge in [-0.2, -0.15) is 0 Å². The molecule has 176 valence electrons. The van der Waals surface area contributed by atoms with Crippen LogP contribution in [0.1, 0.15) is 65.7 Å². The number of ether oxygens (including phenoxy) is 3. The van der Waals surface area contributed by atoms with E-state index in [2.05, 4.69) is 11.7 Å². The fraction of sp³-hybridized carbons (Fsp3) is 0.520. The van der Waals surface area contributed by atoms with Crippen molar-refractivity contribution in [1.82, 2.24) is 0 Å². The molecule has 0 aliphatic heterocycles. The molecule has 0 aromatic carbocycles. The van der Waals surface area contributed by atoms with Crippen molar-refractivity contribution < 1.29 is 33.4 Å². The van der Waals surface area contributed by atoms with Crippen molar-refractivity contribution in [2.24, 2.45) is 0 Å². The Hall–Kier alpha value is -2.96. The van der Waals surface area contributed by atoms with Crippen LogP contribution < -0.4 is 0 Å². The number of hydrogen-bond donors (Lipinski definition) is 0. The molecule has 32 heavy (non-hydrogen) atoms. The van der Waals surface area contributed by atoms with E-state index < -0.39 is 29.6 Å². The van der Waals surface area contributed by atoms with Gasteiger partial charge in [-0.15, -0.1) is 0 Å². The van der Waals surface area contributed by atoms with E-state index in [1.54, 1.807) is 24.3 Å². The number of ketones is 1. The Bertz CT molecular complexity index is 788. The van der Waals surface area contributed by atoms with Gasteiger partial charge >= 0.3 is 17.9 Å². The summed E-state index contributed by atoms with van der Waals surface area (Å²) in [6.07, 6.45) is 16.0. The molecule has 7 nitrogen and oxygen atoms in total. The Labute approximate surface area is 190 Å². The van der Waals surface area contributed by atoms with Gasteiger partial charge in [-0.3, -0.25) is 19.2 Å². The Balaban J connectivity index is 3.02. The van der Waals surface area contributed by atoms with Gasteiger partial charge in [0, 0.05) is 32.3 Å². The van der Waals surface area contributed by atoms with Crippen LogP contribution >= 0.6 is 0 Å².